The predicted molar refractivity (Wildman–Crippen MR) is 79.0 cm³/mol. The summed E-state index contributed by atoms with van der Waals surface area (Å²) in [6.07, 6.45) is 2.01. The highest BCUT2D eigenvalue weighted by Gasteiger charge is 2.26. The fraction of sp³-hybridized carbons (Fsp3) is 0.571. The average Bonchev–Trinajstić information content (AvgIpc) is 2.42. The van der Waals surface area contributed by atoms with Crippen LogP contribution < -0.4 is 5.73 Å². The van der Waals surface area contributed by atoms with Crippen molar-refractivity contribution in [1.29, 1.82) is 0 Å². The monoisotopic (exact) mass is 298 g/mol. The maximum absolute atomic E-state index is 12.6. The van der Waals surface area contributed by atoms with Crippen LogP contribution in [0, 0.1) is 12.8 Å². The first-order valence-electron chi connectivity index (χ1n) is 6.82. The lowest BCUT2D eigenvalue weighted by Gasteiger charge is -2.27. The molecular weight excluding hydrogens is 276 g/mol. The van der Waals surface area contributed by atoms with E-state index in [0.29, 0.717) is 24.4 Å². The van der Waals surface area contributed by atoms with Gasteiger partial charge in [0.2, 0.25) is 10.0 Å². The zero-order valence-corrected chi connectivity index (χ0v) is 12.8. The van der Waals surface area contributed by atoms with Gasteiger partial charge in [-0.1, -0.05) is 6.07 Å². The Kier molecular flexibility index (Phi) is 4.67. The third-order valence-electron chi connectivity index (χ3n) is 3.78. The van der Waals surface area contributed by atoms with Gasteiger partial charge in [0, 0.05) is 25.9 Å². The number of ether oxygens (including phenoxy) is 1. The molecule has 0 aliphatic carbocycles. The number of nitrogen functional groups attached to an aromatic ring is 1. The van der Waals surface area contributed by atoms with Crippen LogP contribution in [-0.4, -0.2) is 39.5 Å². The van der Waals surface area contributed by atoms with Crippen molar-refractivity contribution in [3.8, 4) is 0 Å². The number of hydrogen-bond donors (Lipinski definition) is 1. The Hall–Kier alpha value is -1.11. The Labute approximate surface area is 120 Å². The Morgan fingerprint density at radius 3 is 2.85 bits per heavy atom. The van der Waals surface area contributed by atoms with E-state index in [-0.39, 0.29) is 10.8 Å². The molecule has 1 fully saturated rings. The molecule has 1 aromatic rings. The standard InChI is InChI=1S/C14H22N2O3S/c1-11-13(15)6-3-7-14(11)20(17,18)16(2)9-12-5-4-8-19-10-12/h3,6-7,12H,4-5,8-10,15H2,1-2H3. The number of rotatable bonds is 4. The quantitative estimate of drug-likeness (QED) is 0.857. The number of anilines is 1. The molecule has 1 unspecified atom stereocenters. The summed E-state index contributed by atoms with van der Waals surface area (Å²) in [6, 6.07) is 4.99. The van der Waals surface area contributed by atoms with Crippen LogP contribution in [0.1, 0.15) is 18.4 Å². The Balaban J connectivity index is 2.18. The molecule has 2 N–H and O–H groups in total. The minimum absolute atomic E-state index is 0.268. The summed E-state index contributed by atoms with van der Waals surface area (Å²) in [6.45, 7) is 3.63. The second kappa shape index (κ2) is 6.11. The fourth-order valence-electron chi connectivity index (χ4n) is 2.49. The molecule has 0 aromatic heterocycles. The van der Waals surface area contributed by atoms with Crippen LogP contribution in [0.25, 0.3) is 0 Å². The summed E-state index contributed by atoms with van der Waals surface area (Å²) in [5.74, 6) is 0.268. The van der Waals surface area contributed by atoms with Crippen molar-refractivity contribution in [2.24, 2.45) is 5.92 Å². The zero-order valence-electron chi connectivity index (χ0n) is 12.0. The molecule has 1 saturated heterocycles. The van der Waals surface area contributed by atoms with Crippen LogP contribution in [0.3, 0.4) is 0 Å². The molecule has 1 heterocycles. The van der Waals surface area contributed by atoms with Gasteiger partial charge in [-0.05, 0) is 43.4 Å². The van der Waals surface area contributed by atoms with Gasteiger partial charge in [0.1, 0.15) is 0 Å². The van der Waals surface area contributed by atoms with Gasteiger partial charge in [0.15, 0.2) is 0 Å². The molecular formula is C14H22N2O3S. The molecule has 2 rings (SSSR count). The van der Waals surface area contributed by atoms with Gasteiger partial charge in [-0.25, -0.2) is 12.7 Å². The first-order chi connectivity index (χ1) is 9.43. The van der Waals surface area contributed by atoms with E-state index < -0.39 is 10.0 Å². The normalized spacial score (nSPS) is 20.2. The molecule has 6 heteroatoms. The van der Waals surface area contributed by atoms with Crippen molar-refractivity contribution in [2.75, 3.05) is 32.5 Å². The second-order valence-electron chi connectivity index (χ2n) is 5.34. The van der Waals surface area contributed by atoms with E-state index in [4.69, 9.17) is 10.5 Å². The number of hydrogen-bond acceptors (Lipinski definition) is 4. The third-order valence-corrected chi connectivity index (χ3v) is 5.75. The van der Waals surface area contributed by atoms with E-state index in [9.17, 15) is 8.42 Å². The molecule has 1 atom stereocenters. The average molecular weight is 298 g/mol. The number of benzene rings is 1. The molecule has 1 aliphatic heterocycles. The van der Waals surface area contributed by atoms with E-state index in [1.165, 1.54) is 4.31 Å². The summed E-state index contributed by atoms with van der Waals surface area (Å²) < 4.78 is 32.0. The van der Waals surface area contributed by atoms with Crippen LogP contribution >= 0.6 is 0 Å². The third kappa shape index (κ3) is 3.13. The Morgan fingerprint density at radius 2 is 2.20 bits per heavy atom. The van der Waals surface area contributed by atoms with Gasteiger partial charge in [-0.2, -0.15) is 0 Å². The summed E-state index contributed by atoms with van der Waals surface area (Å²) >= 11 is 0. The first-order valence-corrected chi connectivity index (χ1v) is 8.26. The molecule has 0 radical (unpaired) electrons. The lowest BCUT2D eigenvalue weighted by Crippen LogP contribution is -2.35. The topological polar surface area (TPSA) is 72.6 Å². The smallest absolute Gasteiger partial charge is 0.243 e. The summed E-state index contributed by atoms with van der Waals surface area (Å²) in [5, 5.41) is 0. The minimum atomic E-state index is -3.49. The molecule has 5 nitrogen and oxygen atoms in total. The highest BCUT2D eigenvalue weighted by atomic mass is 32.2. The van der Waals surface area contributed by atoms with Crippen molar-refractivity contribution >= 4 is 15.7 Å². The molecule has 0 saturated carbocycles. The van der Waals surface area contributed by atoms with E-state index in [1.54, 1.807) is 32.2 Å². The van der Waals surface area contributed by atoms with Crippen molar-refractivity contribution in [1.82, 2.24) is 4.31 Å². The fourth-order valence-corrected chi connectivity index (χ4v) is 3.99. The van der Waals surface area contributed by atoms with Gasteiger partial charge in [0.05, 0.1) is 11.5 Å². The lowest BCUT2D eigenvalue weighted by atomic mass is 10.0. The highest BCUT2D eigenvalue weighted by molar-refractivity contribution is 7.89. The number of sulfonamides is 1. The highest BCUT2D eigenvalue weighted by Crippen LogP contribution is 2.24. The molecule has 20 heavy (non-hydrogen) atoms. The molecule has 1 aromatic carbocycles. The van der Waals surface area contributed by atoms with Crippen LogP contribution in [-0.2, 0) is 14.8 Å². The largest absolute Gasteiger partial charge is 0.398 e. The molecule has 0 amide bonds. The van der Waals surface area contributed by atoms with Gasteiger partial charge < -0.3 is 10.5 Å². The summed E-state index contributed by atoms with van der Waals surface area (Å²) in [7, 11) is -1.88. The first kappa shape index (κ1) is 15.3. The predicted octanol–water partition coefficient (Wildman–Crippen LogP) is 1.62. The minimum Gasteiger partial charge on any atom is -0.398 e. The van der Waals surface area contributed by atoms with Gasteiger partial charge in [-0.3, -0.25) is 0 Å². The van der Waals surface area contributed by atoms with Crippen LogP contribution in [0.5, 0.6) is 0 Å². The van der Waals surface area contributed by atoms with Crippen molar-refractivity contribution in [2.45, 2.75) is 24.7 Å². The molecule has 0 bridgehead atoms. The molecule has 112 valence electrons. The molecule has 0 spiro atoms. The maximum atomic E-state index is 12.6. The Morgan fingerprint density at radius 1 is 1.45 bits per heavy atom. The van der Waals surface area contributed by atoms with Gasteiger partial charge in [0.25, 0.3) is 0 Å². The number of nitrogens with zero attached hydrogens (tertiary/aromatic N) is 1. The van der Waals surface area contributed by atoms with Gasteiger partial charge >= 0.3 is 0 Å². The van der Waals surface area contributed by atoms with Crippen molar-refractivity contribution < 1.29 is 13.2 Å². The zero-order chi connectivity index (χ0) is 14.8. The second-order valence-corrected chi connectivity index (χ2v) is 7.35. The van der Waals surface area contributed by atoms with E-state index in [1.807, 2.05) is 0 Å². The van der Waals surface area contributed by atoms with E-state index in [0.717, 1.165) is 19.4 Å². The van der Waals surface area contributed by atoms with Crippen molar-refractivity contribution in [3.63, 3.8) is 0 Å². The summed E-state index contributed by atoms with van der Waals surface area (Å²) in [5.41, 5.74) is 6.91. The number of nitrogens with two attached hydrogens (primary N) is 1. The van der Waals surface area contributed by atoms with E-state index in [2.05, 4.69) is 0 Å². The molecule has 1 aliphatic rings. The van der Waals surface area contributed by atoms with Crippen LogP contribution in [0.15, 0.2) is 23.1 Å². The Bertz CT molecular complexity index is 566. The van der Waals surface area contributed by atoms with Crippen LogP contribution in [0.2, 0.25) is 0 Å². The van der Waals surface area contributed by atoms with E-state index >= 15 is 0 Å². The van der Waals surface area contributed by atoms with Crippen molar-refractivity contribution in [3.05, 3.63) is 23.8 Å². The SMILES string of the molecule is Cc1c(N)cccc1S(=O)(=O)N(C)CC1CCCOC1. The van der Waals surface area contributed by atoms with Crippen LogP contribution in [0.4, 0.5) is 5.69 Å². The maximum Gasteiger partial charge on any atom is 0.243 e. The summed E-state index contributed by atoms with van der Waals surface area (Å²) in [4.78, 5) is 0.289. The lowest BCUT2D eigenvalue weighted by molar-refractivity contribution is 0.0495. The van der Waals surface area contributed by atoms with Gasteiger partial charge in [-0.15, -0.1) is 0 Å².